The predicted molar refractivity (Wildman–Crippen MR) is 96.6 cm³/mol. The van der Waals surface area contributed by atoms with Crippen molar-refractivity contribution in [3.63, 3.8) is 0 Å². The molecule has 0 atom stereocenters. The number of hydrogen-bond acceptors (Lipinski definition) is 7. The molecule has 0 unspecified atom stereocenters. The first-order valence-electron chi connectivity index (χ1n) is 7.17. The fourth-order valence-corrected chi connectivity index (χ4v) is 3.60. The second-order valence-corrected chi connectivity index (χ2v) is 7.17. The molecular formula is C15H16N6OS2. The second kappa shape index (κ2) is 7.02. The number of benzene rings is 1. The van der Waals surface area contributed by atoms with Crippen molar-refractivity contribution in [2.45, 2.75) is 19.0 Å². The zero-order valence-corrected chi connectivity index (χ0v) is 14.8. The van der Waals surface area contributed by atoms with Crippen molar-refractivity contribution in [3.05, 3.63) is 41.0 Å². The molecular weight excluding hydrogens is 344 g/mol. The van der Waals surface area contributed by atoms with Gasteiger partial charge in [-0.3, -0.25) is 4.79 Å². The van der Waals surface area contributed by atoms with Crippen LogP contribution in [-0.4, -0.2) is 31.5 Å². The number of nitrogens with zero attached hydrogens (tertiary/aromatic N) is 4. The lowest BCUT2D eigenvalue weighted by Crippen LogP contribution is -2.16. The number of aromatic nitrogens is 4. The summed E-state index contributed by atoms with van der Waals surface area (Å²) in [7, 11) is 0. The maximum absolute atomic E-state index is 12.1. The van der Waals surface area contributed by atoms with Crippen LogP contribution in [0, 0.1) is 13.8 Å². The number of thiazole rings is 1. The normalized spacial score (nSPS) is 10.8. The Bertz CT molecular complexity index is 858. The largest absolute Gasteiger partial charge is 0.336 e. The van der Waals surface area contributed by atoms with Crippen LogP contribution in [0.2, 0.25) is 0 Å². The Morgan fingerprint density at radius 3 is 2.71 bits per heavy atom. The molecule has 1 aromatic carbocycles. The molecule has 9 heteroatoms. The van der Waals surface area contributed by atoms with E-state index in [1.54, 1.807) is 6.92 Å². The van der Waals surface area contributed by atoms with Crippen molar-refractivity contribution in [2.24, 2.45) is 0 Å². The van der Waals surface area contributed by atoms with Crippen LogP contribution in [0.25, 0.3) is 11.3 Å². The summed E-state index contributed by atoms with van der Waals surface area (Å²) >= 11 is 2.69. The first kappa shape index (κ1) is 16.5. The van der Waals surface area contributed by atoms with E-state index in [1.807, 2.05) is 37.3 Å². The van der Waals surface area contributed by atoms with Gasteiger partial charge in [0, 0.05) is 10.4 Å². The van der Waals surface area contributed by atoms with Crippen molar-refractivity contribution < 1.29 is 4.79 Å². The van der Waals surface area contributed by atoms with Crippen LogP contribution in [0.4, 0.5) is 5.13 Å². The molecule has 0 aliphatic heterocycles. The number of rotatable bonds is 5. The SMILES string of the molecule is Cc1sc(NC(=O)CSc2nnc(C)n2N)nc1-c1ccccc1. The van der Waals surface area contributed by atoms with E-state index in [1.165, 1.54) is 27.8 Å². The molecule has 0 radical (unpaired) electrons. The monoisotopic (exact) mass is 360 g/mol. The lowest BCUT2D eigenvalue weighted by atomic mass is 10.1. The van der Waals surface area contributed by atoms with Gasteiger partial charge < -0.3 is 11.2 Å². The molecule has 3 N–H and O–H groups in total. The Balaban J connectivity index is 1.64. The quantitative estimate of drug-likeness (QED) is 0.536. The minimum Gasteiger partial charge on any atom is -0.336 e. The van der Waals surface area contributed by atoms with Gasteiger partial charge >= 0.3 is 0 Å². The standard InChI is InChI=1S/C15H16N6OS2/c1-9-13(11-6-4-3-5-7-11)18-14(24-9)17-12(22)8-23-15-20-19-10(2)21(15)16/h3-7H,8,16H2,1-2H3,(H,17,18,22). The summed E-state index contributed by atoms with van der Waals surface area (Å²) < 4.78 is 1.36. The first-order valence-corrected chi connectivity index (χ1v) is 8.97. The number of nitrogen functional groups attached to an aromatic ring is 1. The molecule has 24 heavy (non-hydrogen) atoms. The van der Waals surface area contributed by atoms with Gasteiger partial charge in [-0.25, -0.2) is 9.66 Å². The Kier molecular flexibility index (Phi) is 4.81. The third-order valence-electron chi connectivity index (χ3n) is 3.26. The molecule has 7 nitrogen and oxygen atoms in total. The maximum atomic E-state index is 12.1. The lowest BCUT2D eigenvalue weighted by molar-refractivity contribution is -0.113. The molecule has 0 fully saturated rings. The van der Waals surface area contributed by atoms with E-state index in [0.29, 0.717) is 16.1 Å². The summed E-state index contributed by atoms with van der Waals surface area (Å²) in [5.74, 6) is 6.39. The highest BCUT2D eigenvalue weighted by Gasteiger charge is 2.13. The topological polar surface area (TPSA) is 98.7 Å². The average molecular weight is 360 g/mol. The Labute approximate surface area is 147 Å². The molecule has 2 aromatic heterocycles. The molecule has 3 aromatic rings. The number of hydrogen-bond donors (Lipinski definition) is 2. The van der Waals surface area contributed by atoms with Crippen LogP contribution in [0.15, 0.2) is 35.5 Å². The van der Waals surface area contributed by atoms with Crippen LogP contribution < -0.4 is 11.2 Å². The number of anilines is 1. The zero-order valence-electron chi connectivity index (χ0n) is 13.2. The molecule has 0 aliphatic rings. The van der Waals surface area contributed by atoms with Crippen LogP contribution >= 0.6 is 23.1 Å². The van der Waals surface area contributed by atoms with Crippen LogP contribution in [0.5, 0.6) is 0 Å². The molecule has 0 saturated carbocycles. The van der Waals surface area contributed by atoms with Gasteiger partial charge in [0.15, 0.2) is 5.13 Å². The van der Waals surface area contributed by atoms with Crippen molar-refractivity contribution >= 4 is 34.1 Å². The summed E-state index contributed by atoms with van der Waals surface area (Å²) in [5, 5.41) is 11.7. The molecule has 124 valence electrons. The van der Waals surface area contributed by atoms with E-state index in [0.717, 1.165) is 16.1 Å². The third-order valence-corrected chi connectivity index (χ3v) is 5.09. The Morgan fingerprint density at radius 2 is 2.04 bits per heavy atom. The number of amides is 1. The molecule has 1 amide bonds. The fraction of sp³-hybridized carbons (Fsp3) is 0.200. The Morgan fingerprint density at radius 1 is 1.29 bits per heavy atom. The van der Waals surface area contributed by atoms with Crippen LogP contribution in [0.1, 0.15) is 10.7 Å². The van der Waals surface area contributed by atoms with Crippen molar-refractivity contribution in [2.75, 3.05) is 16.9 Å². The molecule has 0 saturated heterocycles. The lowest BCUT2D eigenvalue weighted by Gasteiger charge is -2.02. The maximum Gasteiger partial charge on any atom is 0.236 e. The molecule has 0 bridgehead atoms. The van der Waals surface area contributed by atoms with Gasteiger partial charge in [0.1, 0.15) is 5.82 Å². The smallest absolute Gasteiger partial charge is 0.236 e. The molecule has 3 rings (SSSR count). The van der Waals surface area contributed by atoms with E-state index in [-0.39, 0.29) is 11.7 Å². The Hall–Kier alpha value is -2.39. The van der Waals surface area contributed by atoms with Gasteiger partial charge in [-0.05, 0) is 13.8 Å². The first-order chi connectivity index (χ1) is 11.5. The van der Waals surface area contributed by atoms with Crippen molar-refractivity contribution in [1.29, 1.82) is 0 Å². The number of carbonyl (C=O) groups excluding carboxylic acids is 1. The van der Waals surface area contributed by atoms with Gasteiger partial charge in [-0.15, -0.1) is 21.5 Å². The predicted octanol–water partition coefficient (Wildman–Crippen LogP) is 2.46. The van der Waals surface area contributed by atoms with Crippen LogP contribution in [-0.2, 0) is 4.79 Å². The van der Waals surface area contributed by atoms with Crippen LogP contribution in [0.3, 0.4) is 0 Å². The molecule has 0 spiro atoms. The van der Waals surface area contributed by atoms with E-state index >= 15 is 0 Å². The van der Waals surface area contributed by atoms with Gasteiger partial charge in [0.25, 0.3) is 0 Å². The highest BCUT2D eigenvalue weighted by atomic mass is 32.2. The second-order valence-electron chi connectivity index (χ2n) is 5.03. The highest BCUT2D eigenvalue weighted by molar-refractivity contribution is 7.99. The zero-order chi connectivity index (χ0) is 17.1. The minimum absolute atomic E-state index is 0.158. The number of thioether (sulfide) groups is 1. The van der Waals surface area contributed by atoms with E-state index in [9.17, 15) is 4.79 Å². The molecule has 0 aliphatic carbocycles. The van der Waals surface area contributed by atoms with Gasteiger partial charge in [-0.2, -0.15) is 0 Å². The number of nitrogens with two attached hydrogens (primary N) is 1. The van der Waals surface area contributed by atoms with E-state index in [2.05, 4.69) is 20.5 Å². The summed E-state index contributed by atoms with van der Waals surface area (Å²) in [4.78, 5) is 17.7. The number of nitrogens with one attached hydrogen (secondary N) is 1. The van der Waals surface area contributed by atoms with Crippen molar-refractivity contribution in [3.8, 4) is 11.3 Å². The summed E-state index contributed by atoms with van der Waals surface area (Å²) in [5.41, 5.74) is 1.92. The highest BCUT2D eigenvalue weighted by Crippen LogP contribution is 2.30. The van der Waals surface area contributed by atoms with E-state index < -0.39 is 0 Å². The van der Waals surface area contributed by atoms with Gasteiger partial charge in [0.05, 0.1) is 11.4 Å². The summed E-state index contributed by atoms with van der Waals surface area (Å²) in [6.45, 7) is 3.74. The summed E-state index contributed by atoms with van der Waals surface area (Å²) in [6, 6.07) is 9.89. The fourth-order valence-electron chi connectivity index (χ4n) is 2.05. The van der Waals surface area contributed by atoms with Gasteiger partial charge in [0.2, 0.25) is 11.1 Å². The minimum atomic E-state index is -0.158. The van der Waals surface area contributed by atoms with Gasteiger partial charge in [-0.1, -0.05) is 42.1 Å². The third kappa shape index (κ3) is 3.57. The molecule has 2 heterocycles. The number of aryl methyl sites for hydroxylation is 2. The van der Waals surface area contributed by atoms with E-state index in [4.69, 9.17) is 5.84 Å². The average Bonchev–Trinajstić information content (AvgIpc) is 3.09. The van der Waals surface area contributed by atoms with Crippen molar-refractivity contribution in [1.82, 2.24) is 19.9 Å². The number of carbonyl (C=O) groups is 1. The summed E-state index contributed by atoms with van der Waals surface area (Å²) in [6.07, 6.45) is 0.